The van der Waals surface area contributed by atoms with Crippen molar-refractivity contribution >= 4 is 50.9 Å². The number of piperidine rings is 1. The lowest BCUT2D eigenvalue weighted by Gasteiger charge is -2.63. The number of nitrogens with zero attached hydrogens (tertiary/aromatic N) is 3. The van der Waals surface area contributed by atoms with Crippen molar-refractivity contribution in [3.63, 3.8) is 0 Å². The molecule has 5 aliphatic rings. The summed E-state index contributed by atoms with van der Waals surface area (Å²) in [5.41, 5.74) is 0.664. The topological polar surface area (TPSA) is 65.0 Å². The molecule has 144 valence electrons. The maximum Gasteiger partial charge on any atom is 0.343 e. The Morgan fingerprint density at radius 1 is 1.32 bits per heavy atom. The second-order valence-corrected chi connectivity index (χ2v) is 10.2. The van der Waals surface area contributed by atoms with Gasteiger partial charge in [0.15, 0.2) is 5.66 Å². The number of anilines is 1. The molecule has 0 radical (unpaired) electrons. The van der Waals surface area contributed by atoms with E-state index in [1.807, 2.05) is 23.2 Å². The first-order chi connectivity index (χ1) is 13.2. The zero-order chi connectivity index (χ0) is 19.6. The van der Waals surface area contributed by atoms with Crippen LogP contribution in [0.3, 0.4) is 0 Å². The van der Waals surface area contributed by atoms with Gasteiger partial charge in [-0.15, -0.1) is 11.6 Å². The van der Waals surface area contributed by atoms with E-state index in [0.717, 1.165) is 15.7 Å². The predicted octanol–water partition coefficient (Wildman–Crippen LogP) is 3.71. The molecule has 2 saturated heterocycles. The number of amides is 3. The van der Waals surface area contributed by atoms with E-state index >= 15 is 0 Å². The molecule has 2 bridgehead atoms. The number of hydrogen-bond donors (Lipinski definition) is 1. The molecule has 0 saturated carbocycles. The number of halogens is 2. The van der Waals surface area contributed by atoms with E-state index in [9.17, 15) is 9.59 Å². The Hall–Kier alpha value is -1.86. The molecule has 2 spiro atoms. The Morgan fingerprint density at radius 2 is 2.11 bits per heavy atom. The molecule has 1 aromatic carbocycles. The second kappa shape index (κ2) is 4.82. The van der Waals surface area contributed by atoms with Gasteiger partial charge >= 0.3 is 6.03 Å². The molecule has 5 aliphatic heterocycles. The van der Waals surface area contributed by atoms with Crippen LogP contribution in [0.15, 0.2) is 39.9 Å². The number of nitrogens with one attached hydrogen (secondary N) is 1. The molecule has 4 atom stereocenters. The SMILES string of the molecule is CC1(C)[C@@H](Cl)C[C@]23[C@@H]4CC(=O)N2C=CC2=NC(=O)N[C@]21N3c1cc(Br)ccc14. The molecule has 8 heteroatoms. The maximum atomic E-state index is 13.0. The monoisotopic (exact) mass is 460 g/mol. The summed E-state index contributed by atoms with van der Waals surface area (Å²) >= 11 is 10.6. The van der Waals surface area contributed by atoms with Gasteiger partial charge in [0.2, 0.25) is 5.91 Å². The maximum absolute atomic E-state index is 13.0. The summed E-state index contributed by atoms with van der Waals surface area (Å²) < 4.78 is 0.954. The van der Waals surface area contributed by atoms with Crippen molar-refractivity contribution in [1.82, 2.24) is 10.2 Å². The van der Waals surface area contributed by atoms with Crippen molar-refractivity contribution in [3.05, 3.63) is 40.5 Å². The zero-order valence-electron chi connectivity index (χ0n) is 15.4. The van der Waals surface area contributed by atoms with E-state index in [1.54, 1.807) is 0 Å². The van der Waals surface area contributed by atoms with Crippen LogP contribution in [0.1, 0.15) is 38.2 Å². The largest absolute Gasteiger partial charge is 0.343 e. The van der Waals surface area contributed by atoms with Gasteiger partial charge in [-0.3, -0.25) is 9.69 Å². The molecule has 1 N–H and O–H groups in total. The third-order valence-corrected chi connectivity index (χ3v) is 8.60. The molecule has 0 unspecified atom stereocenters. The summed E-state index contributed by atoms with van der Waals surface area (Å²) in [6.07, 6.45) is 4.66. The number of aliphatic imine (C=N–C) groups is 1. The molecule has 28 heavy (non-hydrogen) atoms. The number of carbonyl (C=O) groups excluding carboxylic acids is 2. The fraction of sp³-hybridized carbons (Fsp3) is 0.450. The summed E-state index contributed by atoms with van der Waals surface area (Å²) in [7, 11) is 0. The van der Waals surface area contributed by atoms with Crippen LogP contribution in [0, 0.1) is 5.41 Å². The van der Waals surface area contributed by atoms with E-state index in [-0.39, 0.29) is 23.2 Å². The first-order valence-corrected chi connectivity index (χ1v) is 10.6. The fourth-order valence-electron chi connectivity index (χ4n) is 6.11. The van der Waals surface area contributed by atoms with Crippen LogP contribution in [0.5, 0.6) is 0 Å². The summed E-state index contributed by atoms with van der Waals surface area (Å²) in [4.78, 5) is 34.0. The normalized spacial score (nSPS) is 38.6. The highest BCUT2D eigenvalue weighted by atomic mass is 79.9. The number of hydrogen-bond acceptors (Lipinski definition) is 3. The lowest BCUT2D eigenvalue weighted by molar-refractivity contribution is -0.129. The minimum atomic E-state index is -0.922. The van der Waals surface area contributed by atoms with Crippen LogP contribution in [0.4, 0.5) is 10.5 Å². The van der Waals surface area contributed by atoms with Crippen LogP contribution in [-0.4, -0.2) is 39.3 Å². The van der Waals surface area contributed by atoms with E-state index in [0.29, 0.717) is 18.6 Å². The Kier molecular flexibility index (Phi) is 2.93. The van der Waals surface area contributed by atoms with Crippen LogP contribution >= 0.6 is 27.5 Å². The first kappa shape index (κ1) is 17.0. The van der Waals surface area contributed by atoms with E-state index in [2.05, 4.69) is 57.1 Å². The first-order valence-electron chi connectivity index (χ1n) is 9.39. The van der Waals surface area contributed by atoms with Crippen molar-refractivity contribution in [1.29, 1.82) is 0 Å². The van der Waals surface area contributed by atoms with Crippen molar-refractivity contribution in [2.45, 2.75) is 49.3 Å². The minimum absolute atomic E-state index is 0.0150. The molecular formula is C20H18BrClN4O2. The molecule has 0 aliphatic carbocycles. The minimum Gasteiger partial charge on any atom is -0.318 e. The highest BCUT2D eigenvalue weighted by Crippen LogP contribution is 2.67. The lowest BCUT2D eigenvalue weighted by Crippen LogP contribution is -2.81. The molecule has 3 amide bonds. The van der Waals surface area contributed by atoms with Gasteiger partial charge in [-0.1, -0.05) is 35.8 Å². The molecule has 1 aromatic rings. The fourth-order valence-corrected chi connectivity index (χ4v) is 6.84. The third kappa shape index (κ3) is 1.56. The molecular weight excluding hydrogens is 444 g/mol. The zero-order valence-corrected chi connectivity index (χ0v) is 17.7. The molecule has 6 rings (SSSR count). The van der Waals surface area contributed by atoms with Crippen molar-refractivity contribution in [2.24, 2.45) is 10.4 Å². The Labute approximate surface area is 175 Å². The van der Waals surface area contributed by atoms with Gasteiger partial charge in [0, 0.05) is 45.9 Å². The van der Waals surface area contributed by atoms with Crippen LogP contribution < -0.4 is 10.2 Å². The van der Waals surface area contributed by atoms with E-state index in [4.69, 9.17) is 11.6 Å². The summed E-state index contributed by atoms with van der Waals surface area (Å²) in [5, 5.41) is 2.90. The molecule has 2 fully saturated rings. The smallest absolute Gasteiger partial charge is 0.318 e. The van der Waals surface area contributed by atoms with Gasteiger partial charge in [0.25, 0.3) is 0 Å². The van der Waals surface area contributed by atoms with Gasteiger partial charge in [0.05, 0.1) is 5.71 Å². The summed E-state index contributed by atoms with van der Waals surface area (Å²) in [5.74, 6) is 0.0595. The number of rotatable bonds is 0. The van der Waals surface area contributed by atoms with Crippen LogP contribution in [0.25, 0.3) is 0 Å². The Balaban J connectivity index is 1.77. The number of urea groups is 1. The van der Waals surface area contributed by atoms with Crippen LogP contribution in [-0.2, 0) is 4.79 Å². The van der Waals surface area contributed by atoms with E-state index < -0.39 is 16.7 Å². The van der Waals surface area contributed by atoms with E-state index in [1.165, 1.54) is 0 Å². The van der Waals surface area contributed by atoms with Crippen molar-refractivity contribution in [3.8, 4) is 0 Å². The predicted molar refractivity (Wildman–Crippen MR) is 109 cm³/mol. The quantitative estimate of drug-likeness (QED) is 0.599. The van der Waals surface area contributed by atoms with Crippen LogP contribution in [0.2, 0.25) is 0 Å². The highest BCUT2D eigenvalue weighted by Gasteiger charge is 2.76. The number of fused-ring (bicyclic) bond motifs is 2. The van der Waals surface area contributed by atoms with Gasteiger partial charge in [-0.05, 0) is 23.8 Å². The van der Waals surface area contributed by atoms with Gasteiger partial charge in [-0.25, -0.2) is 4.79 Å². The Bertz CT molecular complexity index is 1050. The van der Waals surface area contributed by atoms with Gasteiger partial charge in [-0.2, -0.15) is 4.99 Å². The Morgan fingerprint density at radius 3 is 2.89 bits per heavy atom. The summed E-state index contributed by atoms with van der Waals surface area (Å²) in [6.45, 7) is 4.15. The number of carbonyl (C=O) groups is 2. The number of alkyl halides is 1. The molecule has 5 heterocycles. The van der Waals surface area contributed by atoms with Crippen molar-refractivity contribution < 1.29 is 9.59 Å². The lowest BCUT2D eigenvalue weighted by atomic mass is 9.65. The van der Waals surface area contributed by atoms with Gasteiger partial charge in [0.1, 0.15) is 5.66 Å². The number of benzene rings is 1. The van der Waals surface area contributed by atoms with Gasteiger partial charge < -0.3 is 10.2 Å². The molecule has 0 aromatic heterocycles. The average molecular weight is 462 g/mol. The van der Waals surface area contributed by atoms with Crippen molar-refractivity contribution in [2.75, 3.05) is 4.90 Å². The standard InChI is InChI=1S/C20H18BrClN4O2/c1-18(2)14(22)9-19-12-8-16(27)25(19)6-5-15-20(18,24-17(28)23-15)26(19)13-7-10(21)3-4-11(12)13/h3-7,12,14H,8-9H2,1-2H3,(H,24,28)/t12-,14+,19+,20+/m1/s1. The summed E-state index contributed by atoms with van der Waals surface area (Å²) in [6, 6.07) is 5.81. The highest BCUT2D eigenvalue weighted by molar-refractivity contribution is 9.10. The second-order valence-electron chi connectivity index (χ2n) is 8.78. The average Bonchev–Trinajstić information content (AvgIpc) is 3.14. The molecule has 6 nitrogen and oxygen atoms in total. The third-order valence-electron chi connectivity index (χ3n) is 7.41.